The van der Waals surface area contributed by atoms with Gasteiger partial charge in [-0.3, -0.25) is 4.98 Å². The molecule has 4 aromatic rings. The Hall–Kier alpha value is -3.55. The highest BCUT2D eigenvalue weighted by Gasteiger charge is 2.27. The van der Waals surface area contributed by atoms with Gasteiger partial charge in [-0.15, -0.1) is 0 Å². The number of esters is 1. The molecule has 0 saturated carbocycles. The molecule has 1 aromatic heterocycles. The molecule has 0 saturated heterocycles. The molecule has 35 heavy (non-hydrogen) atoms. The van der Waals surface area contributed by atoms with E-state index in [1.54, 1.807) is 18.2 Å². The first-order valence-electron chi connectivity index (χ1n) is 11.7. The van der Waals surface area contributed by atoms with E-state index >= 15 is 0 Å². The average molecular weight is 487 g/mol. The molecule has 1 atom stereocenters. The largest absolute Gasteiger partial charge is 0.452 e. The van der Waals surface area contributed by atoms with Crippen LogP contribution in [0.25, 0.3) is 10.9 Å². The number of rotatable bonds is 7. The van der Waals surface area contributed by atoms with Gasteiger partial charge in [-0.1, -0.05) is 66.7 Å². The maximum Gasteiger partial charge on any atom is 0.339 e. The Morgan fingerprint density at radius 3 is 2.31 bits per heavy atom. The van der Waals surface area contributed by atoms with Crippen LogP contribution in [0.15, 0.2) is 89.8 Å². The zero-order chi connectivity index (χ0) is 24.3. The summed E-state index contributed by atoms with van der Waals surface area (Å²) in [5.74, 6) is -0.463. The van der Waals surface area contributed by atoms with Crippen molar-refractivity contribution in [1.29, 1.82) is 0 Å². The van der Waals surface area contributed by atoms with Gasteiger partial charge in [-0.25, -0.2) is 17.9 Å². The van der Waals surface area contributed by atoms with Gasteiger partial charge in [0.1, 0.15) is 6.10 Å². The van der Waals surface area contributed by atoms with E-state index in [4.69, 9.17) is 9.72 Å². The standard InChI is InChI=1S/C28H26N2O4S/c31-28(27-22-15-7-9-17-24(22)30-25-18-10-8-16-23(25)27)34-26(20-11-3-1-4-12-20)19-29-35(32,33)21-13-5-2-6-14-21/h1-7,9,11-15,17,26,29H,8,10,16,18-19H2/t26-/m0/s1. The van der Waals surface area contributed by atoms with Gasteiger partial charge in [0.15, 0.2) is 0 Å². The Morgan fingerprint density at radius 2 is 1.54 bits per heavy atom. The summed E-state index contributed by atoms with van der Waals surface area (Å²) in [6.07, 6.45) is 2.84. The number of carbonyl (C=O) groups is 1. The number of carbonyl (C=O) groups excluding carboxylic acids is 1. The van der Waals surface area contributed by atoms with Crippen molar-refractivity contribution in [3.05, 3.63) is 107 Å². The van der Waals surface area contributed by atoms with Gasteiger partial charge in [0.05, 0.1) is 22.5 Å². The first-order valence-corrected chi connectivity index (χ1v) is 13.2. The van der Waals surface area contributed by atoms with Crippen molar-refractivity contribution in [3.63, 3.8) is 0 Å². The number of fused-ring (bicyclic) bond motifs is 2. The number of hydrogen-bond acceptors (Lipinski definition) is 5. The summed E-state index contributed by atoms with van der Waals surface area (Å²) >= 11 is 0. The molecule has 7 heteroatoms. The van der Waals surface area contributed by atoms with Crippen LogP contribution in [0.2, 0.25) is 0 Å². The summed E-state index contributed by atoms with van der Waals surface area (Å²) in [7, 11) is -3.76. The summed E-state index contributed by atoms with van der Waals surface area (Å²) in [6, 6.07) is 24.9. The minimum absolute atomic E-state index is 0.0851. The Bertz CT molecular complexity index is 1450. The van der Waals surface area contributed by atoms with Crippen molar-refractivity contribution < 1.29 is 17.9 Å². The number of aryl methyl sites for hydroxylation is 1. The number of nitrogens with zero attached hydrogens (tertiary/aromatic N) is 1. The minimum atomic E-state index is -3.76. The van der Waals surface area contributed by atoms with Gasteiger partial charge in [0, 0.05) is 11.1 Å². The number of pyridine rings is 1. The predicted octanol–water partition coefficient (Wildman–Crippen LogP) is 4.99. The van der Waals surface area contributed by atoms with Crippen LogP contribution in [-0.4, -0.2) is 25.9 Å². The summed E-state index contributed by atoms with van der Waals surface area (Å²) < 4.78 is 34.3. The van der Waals surface area contributed by atoms with Crippen LogP contribution in [0.1, 0.15) is 46.1 Å². The molecule has 5 rings (SSSR count). The fourth-order valence-electron chi connectivity index (χ4n) is 4.56. The Morgan fingerprint density at radius 1 is 0.886 bits per heavy atom. The third-order valence-corrected chi connectivity index (χ3v) is 7.75. The van der Waals surface area contributed by atoms with Gasteiger partial charge in [-0.05, 0) is 55.0 Å². The molecule has 1 N–H and O–H groups in total. The molecule has 0 spiro atoms. The van der Waals surface area contributed by atoms with Crippen molar-refractivity contribution in [2.24, 2.45) is 0 Å². The van der Waals surface area contributed by atoms with Crippen LogP contribution in [0, 0.1) is 0 Å². The lowest BCUT2D eigenvalue weighted by Gasteiger charge is -2.23. The maximum absolute atomic E-state index is 13.7. The SMILES string of the molecule is O=C(O[C@@H](CNS(=O)(=O)c1ccccc1)c1ccccc1)c1c2c(nc3ccccc13)CCCC2. The molecule has 1 heterocycles. The highest BCUT2D eigenvalue weighted by Crippen LogP contribution is 2.31. The number of nitrogens with one attached hydrogen (secondary N) is 1. The fourth-order valence-corrected chi connectivity index (χ4v) is 5.61. The van der Waals surface area contributed by atoms with E-state index in [0.29, 0.717) is 11.1 Å². The van der Waals surface area contributed by atoms with Crippen LogP contribution >= 0.6 is 0 Å². The molecule has 0 bridgehead atoms. The highest BCUT2D eigenvalue weighted by molar-refractivity contribution is 7.89. The first kappa shape index (κ1) is 23.2. The molecule has 0 fully saturated rings. The van der Waals surface area contributed by atoms with Crippen LogP contribution in [0.5, 0.6) is 0 Å². The lowest BCUT2D eigenvalue weighted by molar-refractivity contribution is 0.0308. The van der Waals surface area contributed by atoms with Crippen LogP contribution in [0.3, 0.4) is 0 Å². The van der Waals surface area contributed by atoms with Crippen LogP contribution in [0.4, 0.5) is 0 Å². The summed E-state index contributed by atoms with van der Waals surface area (Å²) in [4.78, 5) is 18.6. The zero-order valence-corrected chi connectivity index (χ0v) is 20.0. The molecule has 0 amide bonds. The second kappa shape index (κ2) is 9.98. The number of aromatic nitrogens is 1. The molecule has 1 aliphatic rings. The quantitative estimate of drug-likeness (QED) is 0.372. The molecule has 0 aliphatic heterocycles. The monoisotopic (exact) mass is 486 g/mol. The highest BCUT2D eigenvalue weighted by atomic mass is 32.2. The number of sulfonamides is 1. The maximum atomic E-state index is 13.7. The van der Waals surface area contributed by atoms with Gasteiger partial charge >= 0.3 is 5.97 Å². The zero-order valence-electron chi connectivity index (χ0n) is 19.2. The lowest BCUT2D eigenvalue weighted by Crippen LogP contribution is -2.31. The Balaban J connectivity index is 1.48. The first-order chi connectivity index (χ1) is 17.0. The van der Waals surface area contributed by atoms with E-state index in [1.807, 2.05) is 54.6 Å². The average Bonchev–Trinajstić information content (AvgIpc) is 2.90. The van der Waals surface area contributed by atoms with Crippen LogP contribution in [-0.2, 0) is 27.6 Å². The molecular weight excluding hydrogens is 460 g/mol. The number of ether oxygens (including phenoxy) is 1. The van der Waals surface area contributed by atoms with E-state index in [1.165, 1.54) is 12.1 Å². The van der Waals surface area contributed by atoms with Crippen molar-refractivity contribution in [2.45, 2.75) is 36.7 Å². The summed E-state index contributed by atoms with van der Waals surface area (Å²) in [6.45, 7) is -0.0851. The molecular formula is C28H26N2O4S. The molecule has 0 unspecified atom stereocenters. The van der Waals surface area contributed by atoms with Crippen molar-refractivity contribution in [1.82, 2.24) is 9.71 Å². The third-order valence-electron chi connectivity index (χ3n) is 6.31. The van der Waals surface area contributed by atoms with Crippen molar-refractivity contribution >= 4 is 26.9 Å². The summed E-state index contributed by atoms with van der Waals surface area (Å²) in [5.41, 5.74) is 3.90. The normalized spacial score (nSPS) is 14.3. The Labute approximate surface area is 205 Å². The van der Waals surface area contributed by atoms with Crippen molar-refractivity contribution in [3.8, 4) is 0 Å². The van der Waals surface area contributed by atoms with Gasteiger partial charge in [-0.2, -0.15) is 0 Å². The topological polar surface area (TPSA) is 85.4 Å². The van der Waals surface area contributed by atoms with E-state index < -0.39 is 22.1 Å². The second-order valence-electron chi connectivity index (χ2n) is 8.61. The van der Waals surface area contributed by atoms with Crippen molar-refractivity contribution in [2.75, 3.05) is 6.54 Å². The smallest absolute Gasteiger partial charge is 0.339 e. The van der Waals surface area contributed by atoms with Gasteiger partial charge in [0.2, 0.25) is 10.0 Å². The minimum Gasteiger partial charge on any atom is -0.452 e. The molecule has 6 nitrogen and oxygen atoms in total. The van der Waals surface area contributed by atoms with E-state index in [0.717, 1.165) is 47.8 Å². The summed E-state index contributed by atoms with van der Waals surface area (Å²) in [5, 5.41) is 0.759. The number of benzene rings is 3. The van der Waals surface area contributed by atoms with E-state index in [9.17, 15) is 13.2 Å². The molecule has 178 valence electrons. The second-order valence-corrected chi connectivity index (χ2v) is 10.4. The molecule has 1 aliphatic carbocycles. The third kappa shape index (κ3) is 4.97. The molecule has 0 radical (unpaired) electrons. The fraction of sp³-hybridized carbons (Fsp3) is 0.214. The van der Waals surface area contributed by atoms with Crippen LogP contribution < -0.4 is 4.72 Å². The van der Waals surface area contributed by atoms with Gasteiger partial charge < -0.3 is 4.74 Å². The predicted molar refractivity (Wildman–Crippen MR) is 135 cm³/mol. The Kier molecular flexibility index (Phi) is 6.61. The number of para-hydroxylation sites is 1. The number of hydrogen-bond donors (Lipinski definition) is 1. The lowest BCUT2D eigenvalue weighted by atomic mass is 9.90. The molecule has 3 aromatic carbocycles. The van der Waals surface area contributed by atoms with E-state index in [2.05, 4.69) is 4.72 Å². The van der Waals surface area contributed by atoms with E-state index in [-0.39, 0.29) is 11.4 Å². The van der Waals surface area contributed by atoms with Gasteiger partial charge in [0.25, 0.3) is 0 Å².